The van der Waals surface area contributed by atoms with Gasteiger partial charge in [-0.25, -0.2) is 4.98 Å². The highest BCUT2D eigenvalue weighted by Gasteiger charge is 2.20. The molecule has 1 aromatic heterocycles. The van der Waals surface area contributed by atoms with Crippen LogP contribution in [0.15, 0.2) is 69.0 Å². The standard InChI is InChI=1S/C26H21BrCl2N4O4/c1-3-15(2)25-31-22-10-8-18(27)12-19(22)26(34)32(25)30-13-17-5-4-6-23(33(35)36)24(17)37-14-16-7-9-20(28)21(29)11-16/h4-13,15H,3,14H2,1-2H3/t15-/m1/s1. The molecule has 0 fully saturated rings. The third kappa shape index (κ3) is 5.84. The van der Waals surface area contributed by atoms with Gasteiger partial charge < -0.3 is 4.74 Å². The number of fused-ring (bicyclic) bond motifs is 1. The molecular formula is C26H21BrCl2N4O4. The fourth-order valence-corrected chi connectivity index (χ4v) is 4.31. The molecule has 0 saturated heterocycles. The second-order valence-electron chi connectivity index (χ2n) is 8.29. The Balaban J connectivity index is 1.79. The van der Waals surface area contributed by atoms with Crippen LogP contribution in [0.2, 0.25) is 10.0 Å². The van der Waals surface area contributed by atoms with Gasteiger partial charge in [0, 0.05) is 22.0 Å². The largest absolute Gasteiger partial charge is 0.481 e. The zero-order valence-corrected chi connectivity index (χ0v) is 22.9. The predicted octanol–water partition coefficient (Wildman–Crippen LogP) is 7.35. The van der Waals surface area contributed by atoms with Gasteiger partial charge in [-0.1, -0.05) is 65.1 Å². The molecule has 0 aliphatic rings. The van der Waals surface area contributed by atoms with Gasteiger partial charge in [-0.05, 0) is 48.4 Å². The lowest BCUT2D eigenvalue weighted by atomic mass is 10.1. The Morgan fingerprint density at radius 1 is 1.19 bits per heavy atom. The first-order valence-electron chi connectivity index (χ1n) is 11.3. The van der Waals surface area contributed by atoms with Crippen molar-refractivity contribution in [2.24, 2.45) is 5.10 Å². The van der Waals surface area contributed by atoms with E-state index in [2.05, 4.69) is 26.0 Å². The van der Waals surface area contributed by atoms with Gasteiger partial charge in [0.2, 0.25) is 5.75 Å². The van der Waals surface area contributed by atoms with Gasteiger partial charge in [-0.15, -0.1) is 0 Å². The summed E-state index contributed by atoms with van der Waals surface area (Å²) in [6.45, 7) is 3.95. The van der Waals surface area contributed by atoms with Gasteiger partial charge >= 0.3 is 5.69 Å². The van der Waals surface area contributed by atoms with Crippen LogP contribution < -0.4 is 10.3 Å². The second kappa shape index (κ2) is 11.4. The molecule has 1 heterocycles. The van der Waals surface area contributed by atoms with Gasteiger partial charge in [0.05, 0.1) is 32.1 Å². The minimum absolute atomic E-state index is 0.00616. The van der Waals surface area contributed by atoms with Crippen LogP contribution in [0, 0.1) is 10.1 Å². The Hall–Kier alpha value is -3.27. The molecule has 0 N–H and O–H groups in total. The molecule has 0 spiro atoms. The smallest absolute Gasteiger partial charge is 0.311 e. The van der Waals surface area contributed by atoms with Crippen molar-refractivity contribution in [2.75, 3.05) is 0 Å². The number of aromatic nitrogens is 2. The molecule has 0 unspecified atom stereocenters. The maximum Gasteiger partial charge on any atom is 0.311 e. The number of halogens is 3. The maximum absolute atomic E-state index is 13.4. The number of benzene rings is 3. The summed E-state index contributed by atoms with van der Waals surface area (Å²) < 4.78 is 7.85. The Kier molecular flexibility index (Phi) is 8.26. The maximum atomic E-state index is 13.4. The highest BCUT2D eigenvalue weighted by molar-refractivity contribution is 9.10. The van der Waals surface area contributed by atoms with Crippen molar-refractivity contribution >= 4 is 61.9 Å². The van der Waals surface area contributed by atoms with E-state index in [1.807, 2.05) is 19.9 Å². The molecule has 4 rings (SSSR count). The Bertz CT molecular complexity index is 1590. The van der Waals surface area contributed by atoms with E-state index in [0.717, 1.165) is 10.9 Å². The molecule has 0 amide bonds. The average Bonchev–Trinajstić information content (AvgIpc) is 2.88. The van der Waals surface area contributed by atoms with Crippen molar-refractivity contribution in [3.8, 4) is 5.75 Å². The molecule has 1 atom stereocenters. The molecule has 190 valence electrons. The lowest BCUT2D eigenvalue weighted by Crippen LogP contribution is -2.23. The molecule has 0 radical (unpaired) electrons. The highest BCUT2D eigenvalue weighted by atomic mass is 79.9. The topological polar surface area (TPSA) is 99.6 Å². The normalized spacial score (nSPS) is 12.2. The van der Waals surface area contributed by atoms with Gasteiger partial charge in [-0.3, -0.25) is 14.9 Å². The fourth-order valence-electron chi connectivity index (χ4n) is 3.63. The van der Waals surface area contributed by atoms with E-state index in [4.69, 9.17) is 27.9 Å². The van der Waals surface area contributed by atoms with Crippen LogP contribution in [0.5, 0.6) is 5.75 Å². The number of nitro groups is 1. The Labute approximate surface area is 230 Å². The van der Waals surface area contributed by atoms with E-state index in [9.17, 15) is 14.9 Å². The number of ether oxygens (including phenoxy) is 1. The van der Waals surface area contributed by atoms with Crippen molar-refractivity contribution in [3.63, 3.8) is 0 Å². The van der Waals surface area contributed by atoms with Crippen molar-refractivity contribution in [1.82, 2.24) is 9.66 Å². The highest BCUT2D eigenvalue weighted by Crippen LogP contribution is 2.32. The summed E-state index contributed by atoms with van der Waals surface area (Å²) in [6.07, 6.45) is 2.11. The van der Waals surface area contributed by atoms with Crippen molar-refractivity contribution in [3.05, 3.63) is 107 Å². The molecule has 8 nitrogen and oxygen atoms in total. The van der Waals surface area contributed by atoms with Crippen molar-refractivity contribution in [1.29, 1.82) is 0 Å². The molecule has 0 saturated carbocycles. The van der Waals surface area contributed by atoms with Crippen molar-refractivity contribution < 1.29 is 9.66 Å². The summed E-state index contributed by atoms with van der Waals surface area (Å²) in [5.74, 6) is 0.438. The fraction of sp³-hybridized carbons (Fsp3) is 0.192. The number of nitrogens with zero attached hydrogens (tertiary/aromatic N) is 4. The van der Waals surface area contributed by atoms with Crippen LogP contribution in [0.1, 0.15) is 43.1 Å². The van der Waals surface area contributed by atoms with Gasteiger partial charge in [-0.2, -0.15) is 9.78 Å². The molecule has 0 aliphatic carbocycles. The second-order valence-corrected chi connectivity index (χ2v) is 10.0. The zero-order chi connectivity index (χ0) is 26.7. The SMILES string of the molecule is CC[C@@H](C)c1nc2ccc(Br)cc2c(=O)n1N=Cc1cccc([N+](=O)[O-])c1OCc1ccc(Cl)c(Cl)c1. The summed E-state index contributed by atoms with van der Waals surface area (Å²) >= 11 is 15.5. The van der Waals surface area contributed by atoms with Crippen LogP contribution in [0.25, 0.3) is 10.9 Å². The van der Waals surface area contributed by atoms with Crippen molar-refractivity contribution in [2.45, 2.75) is 32.8 Å². The van der Waals surface area contributed by atoms with Crippen LogP contribution in [0.4, 0.5) is 5.69 Å². The number of hydrogen-bond acceptors (Lipinski definition) is 6. The Morgan fingerprint density at radius 3 is 2.68 bits per heavy atom. The Morgan fingerprint density at radius 2 is 1.97 bits per heavy atom. The summed E-state index contributed by atoms with van der Waals surface area (Å²) in [5, 5.41) is 17.3. The van der Waals surface area contributed by atoms with Gasteiger partial charge in [0.1, 0.15) is 12.4 Å². The first kappa shape index (κ1) is 26.8. The predicted molar refractivity (Wildman–Crippen MR) is 149 cm³/mol. The molecular weight excluding hydrogens is 583 g/mol. The third-order valence-electron chi connectivity index (χ3n) is 5.79. The minimum Gasteiger partial charge on any atom is -0.481 e. The van der Waals surface area contributed by atoms with E-state index in [1.165, 1.54) is 23.0 Å². The number of para-hydroxylation sites is 1. The van der Waals surface area contributed by atoms with E-state index in [1.54, 1.807) is 36.4 Å². The first-order valence-corrected chi connectivity index (χ1v) is 12.8. The summed E-state index contributed by atoms with van der Waals surface area (Å²) in [5.41, 5.74) is 0.984. The summed E-state index contributed by atoms with van der Waals surface area (Å²) in [4.78, 5) is 29.3. The third-order valence-corrected chi connectivity index (χ3v) is 7.02. The summed E-state index contributed by atoms with van der Waals surface area (Å²) in [7, 11) is 0. The number of nitro benzene ring substituents is 1. The lowest BCUT2D eigenvalue weighted by Gasteiger charge is -2.14. The van der Waals surface area contributed by atoms with E-state index in [-0.39, 0.29) is 29.5 Å². The molecule has 37 heavy (non-hydrogen) atoms. The quantitative estimate of drug-likeness (QED) is 0.119. The van der Waals surface area contributed by atoms with E-state index >= 15 is 0 Å². The lowest BCUT2D eigenvalue weighted by molar-refractivity contribution is -0.385. The molecule has 0 aliphatic heterocycles. The van der Waals surface area contributed by atoms with Gasteiger partial charge in [0.25, 0.3) is 5.56 Å². The first-order chi connectivity index (χ1) is 17.7. The minimum atomic E-state index is -0.534. The van der Waals surface area contributed by atoms with E-state index < -0.39 is 4.92 Å². The van der Waals surface area contributed by atoms with Crippen LogP contribution >= 0.6 is 39.1 Å². The molecule has 3 aromatic carbocycles. The number of rotatable bonds is 8. The van der Waals surface area contributed by atoms with Crippen LogP contribution in [0.3, 0.4) is 0 Å². The van der Waals surface area contributed by atoms with Gasteiger partial charge in [0.15, 0.2) is 0 Å². The van der Waals surface area contributed by atoms with Crippen LogP contribution in [-0.2, 0) is 6.61 Å². The van der Waals surface area contributed by atoms with E-state index in [0.29, 0.717) is 37.9 Å². The molecule has 4 aromatic rings. The molecule has 11 heteroatoms. The number of hydrogen-bond donors (Lipinski definition) is 0. The molecule has 0 bridgehead atoms. The monoisotopic (exact) mass is 602 g/mol. The summed E-state index contributed by atoms with van der Waals surface area (Å²) in [6, 6.07) is 14.7. The average molecular weight is 604 g/mol. The zero-order valence-electron chi connectivity index (χ0n) is 19.8. The van der Waals surface area contributed by atoms with Crippen LogP contribution in [-0.4, -0.2) is 20.8 Å².